The van der Waals surface area contributed by atoms with Gasteiger partial charge in [-0.2, -0.15) is 0 Å². The largest absolute Gasteiger partial charge is 0.373 e. The lowest BCUT2D eigenvalue weighted by Gasteiger charge is -2.39. The predicted molar refractivity (Wildman–Crippen MR) is 120 cm³/mol. The van der Waals surface area contributed by atoms with E-state index in [9.17, 15) is 9.59 Å². The second-order valence-corrected chi connectivity index (χ2v) is 9.51. The second kappa shape index (κ2) is 9.10. The number of amides is 2. The number of hydrogen-bond acceptors (Lipinski definition) is 6. The van der Waals surface area contributed by atoms with E-state index in [0.29, 0.717) is 19.5 Å². The first-order valence-corrected chi connectivity index (χ1v) is 11.7. The minimum atomic E-state index is -0.388. The van der Waals surface area contributed by atoms with Crippen molar-refractivity contribution in [2.75, 3.05) is 32.5 Å². The van der Waals surface area contributed by atoms with Crippen LogP contribution in [-0.2, 0) is 22.6 Å². The predicted octanol–water partition coefficient (Wildman–Crippen LogP) is 2.40. The molecule has 0 bridgehead atoms. The summed E-state index contributed by atoms with van der Waals surface area (Å²) >= 11 is 0. The third kappa shape index (κ3) is 4.68. The molecule has 1 saturated heterocycles. The molecule has 2 N–H and O–H groups in total. The highest BCUT2D eigenvalue weighted by atomic mass is 16.2. The third-order valence-corrected chi connectivity index (χ3v) is 7.23. The molecule has 31 heavy (non-hydrogen) atoms. The van der Waals surface area contributed by atoms with Gasteiger partial charge in [0, 0.05) is 38.0 Å². The summed E-state index contributed by atoms with van der Waals surface area (Å²) in [6.07, 6.45) is 8.43. The topological polar surface area (TPSA) is 90.5 Å². The van der Waals surface area contributed by atoms with Crippen LogP contribution in [0.2, 0.25) is 0 Å². The van der Waals surface area contributed by atoms with Crippen LogP contribution in [0, 0.1) is 0 Å². The van der Waals surface area contributed by atoms with E-state index >= 15 is 0 Å². The Balaban J connectivity index is 1.53. The molecule has 3 aliphatic rings. The zero-order valence-electron chi connectivity index (χ0n) is 19.2. The lowest BCUT2D eigenvalue weighted by molar-refractivity contribution is -0.135. The van der Waals surface area contributed by atoms with Crippen LogP contribution in [0.15, 0.2) is 0 Å². The van der Waals surface area contributed by atoms with Gasteiger partial charge in [-0.25, -0.2) is 9.97 Å². The summed E-state index contributed by atoms with van der Waals surface area (Å²) < 4.78 is 0. The van der Waals surface area contributed by atoms with Gasteiger partial charge in [0.15, 0.2) is 0 Å². The van der Waals surface area contributed by atoms with Crippen LogP contribution in [-0.4, -0.2) is 64.3 Å². The summed E-state index contributed by atoms with van der Waals surface area (Å²) in [6.45, 7) is 3.80. The van der Waals surface area contributed by atoms with Crippen LogP contribution < -0.4 is 10.6 Å². The Bertz CT molecular complexity index is 836. The third-order valence-electron chi connectivity index (χ3n) is 7.23. The average molecular weight is 429 g/mol. The maximum Gasteiger partial charge on any atom is 0.225 e. The standard InChI is InChI=1S/C23H36N6O2/c1-16(30)27-23(10-5-4-6-11-23)14-20(31)29-13-9-17-18(15-29)25-22(26-21(17)24-2)19-8-7-12-28(19)3/h19H,4-15H2,1-3H3,(H,27,30)(H,24,25,26)/t19-/m0/s1. The first-order chi connectivity index (χ1) is 14.9. The molecular formula is C23H36N6O2. The molecule has 1 aromatic heterocycles. The minimum Gasteiger partial charge on any atom is -0.373 e. The molecule has 4 rings (SSSR count). The molecule has 0 spiro atoms. The number of nitrogens with zero attached hydrogens (tertiary/aromatic N) is 4. The van der Waals surface area contributed by atoms with Gasteiger partial charge in [0.1, 0.15) is 11.6 Å². The Kier molecular flexibility index (Phi) is 6.46. The Hall–Kier alpha value is -2.22. The van der Waals surface area contributed by atoms with Crippen LogP contribution in [0.5, 0.6) is 0 Å². The van der Waals surface area contributed by atoms with Crippen molar-refractivity contribution in [3.8, 4) is 0 Å². The van der Waals surface area contributed by atoms with Crippen molar-refractivity contribution in [2.45, 2.75) is 82.8 Å². The van der Waals surface area contributed by atoms with Crippen molar-refractivity contribution in [1.29, 1.82) is 0 Å². The molecule has 1 aromatic rings. The number of nitrogens with one attached hydrogen (secondary N) is 2. The monoisotopic (exact) mass is 428 g/mol. The van der Waals surface area contributed by atoms with E-state index in [-0.39, 0.29) is 23.4 Å². The molecule has 2 aliphatic heterocycles. The van der Waals surface area contributed by atoms with Gasteiger partial charge in [-0.15, -0.1) is 0 Å². The first kappa shape index (κ1) is 22.0. The van der Waals surface area contributed by atoms with Crippen molar-refractivity contribution in [1.82, 2.24) is 25.1 Å². The van der Waals surface area contributed by atoms with Crippen LogP contribution in [0.3, 0.4) is 0 Å². The van der Waals surface area contributed by atoms with Crippen molar-refractivity contribution < 1.29 is 9.59 Å². The first-order valence-electron chi connectivity index (χ1n) is 11.7. The molecule has 0 radical (unpaired) electrons. The van der Waals surface area contributed by atoms with E-state index in [4.69, 9.17) is 9.97 Å². The summed E-state index contributed by atoms with van der Waals surface area (Å²) in [4.78, 5) is 39.2. The van der Waals surface area contributed by atoms with E-state index < -0.39 is 0 Å². The summed E-state index contributed by atoms with van der Waals surface area (Å²) in [6, 6.07) is 0.244. The highest BCUT2D eigenvalue weighted by Gasteiger charge is 2.37. The summed E-state index contributed by atoms with van der Waals surface area (Å²) in [5, 5.41) is 6.38. The van der Waals surface area contributed by atoms with Crippen molar-refractivity contribution in [3.05, 3.63) is 17.1 Å². The van der Waals surface area contributed by atoms with E-state index in [1.807, 2.05) is 11.9 Å². The normalized spacial score (nSPS) is 23.3. The SMILES string of the molecule is CNc1nc([C@@H]2CCCN2C)nc2c1CCN(C(=O)CC1(NC(C)=O)CCCCC1)C2. The minimum absolute atomic E-state index is 0.0459. The molecule has 1 aliphatic carbocycles. The number of aromatic nitrogens is 2. The van der Waals surface area contributed by atoms with Gasteiger partial charge in [0.25, 0.3) is 0 Å². The number of carbonyl (C=O) groups excluding carboxylic acids is 2. The molecule has 3 heterocycles. The number of fused-ring (bicyclic) bond motifs is 1. The molecular weight excluding hydrogens is 392 g/mol. The fourth-order valence-corrected chi connectivity index (χ4v) is 5.60. The molecule has 8 nitrogen and oxygen atoms in total. The lowest BCUT2D eigenvalue weighted by Crippen LogP contribution is -2.52. The van der Waals surface area contributed by atoms with Crippen LogP contribution in [0.4, 0.5) is 5.82 Å². The fourth-order valence-electron chi connectivity index (χ4n) is 5.60. The smallest absolute Gasteiger partial charge is 0.225 e. The van der Waals surface area contributed by atoms with Gasteiger partial charge in [-0.1, -0.05) is 19.3 Å². The zero-order valence-corrected chi connectivity index (χ0v) is 19.2. The van der Waals surface area contributed by atoms with E-state index in [0.717, 1.165) is 74.4 Å². The lowest BCUT2D eigenvalue weighted by atomic mass is 9.78. The zero-order chi connectivity index (χ0) is 22.0. The highest BCUT2D eigenvalue weighted by Crippen LogP contribution is 2.34. The number of carbonyl (C=O) groups is 2. The van der Waals surface area contributed by atoms with Crippen molar-refractivity contribution in [2.24, 2.45) is 0 Å². The average Bonchev–Trinajstić information content (AvgIpc) is 3.18. The molecule has 1 saturated carbocycles. The number of likely N-dealkylation sites (tertiary alicyclic amines) is 1. The Morgan fingerprint density at radius 2 is 1.90 bits per heavy atom. The molecule has 0 aromatic carbocycles. The van der Waals surface area contributed by atoms with Gasteiger partial charge in [-0.3, -0.25) is 14.5 Å². The Morgan fingerprint density at radius 3 is 2.55 bits per heavy atom. The molecule has 0 unspecified atom stereocenters. The van der Waals surface area contributed by atoms with Crippen LogP contribution in [0.25, 0.3) is 0 Å². The fraction of sp³-hybridized carbons (Fsp3) is 0.739. The van der Waals surface area contributed by atoms with Gasteiger partial charge in [-0.05, 0) is 45.7 Å². The van der Waals surface area contributed by atoms with E-state index in [1.165, 1.54) is 6.42 Å². The molecule has 170 valence electrons. The van der Waals surface area contributed by atoms with E-state index in [2.05, 4.69) is 22.6 Å². The number of anilines is 1. The molecule has 8 heteroatoms. The van der Waals surface area contributed by atoms with Crippen LogP contribution in [0.1, 0.15) is 81.4 Å². The molecule has 1 atom stereocenters. The van der Waals surface area contributed by atoms with Crippen molar-refractivity contribution >= 4 is 17.6 Å². The van der Waals surface area contributed by atoms with Gasteiger partial charge < -0.3 is 15.5 Å². The maximum absolute atomic E-state index is 13.3. The van der Waals surface area contributed by atoms with Crippen LogP contribution >= 0.6 is 0 Å². The molecule has 2 amide bonds. The van der Waals surface area contributed by atoms with Gasteiger partial charge in [0.2, 0.25) is 11.8 Å². The van der Waals surface area contributed by atoms with Crippen molar-refractivity contribution in [3.63, 3.8) is 0 Å². The second-order valence-electron chi connectivity index (χ2n) is 9.51. The van der Waals surface area contributed by atoms with Gasteiger partial charge in [0.05, 0.1) is 18.3 Å². The van der Waals surface area contributed by atoms with E-state index in [1.54, 1.807) is 6.92 Å². The van der Waals surface area contributed by atoms with Gasteiger partial charge >= 0.3 is 0 Å². The highest BCUT2D eigenvalue weighted by molar-refractivity contribution is 5.80. The quantitative estimate of drug-likeness (QED) is 0.748. The summed E-state index contributed by atoms with van der Waals surface area (Å²) in [5.41, 5.74) is 1.71. The number of rotatable bonds is 5. The Labute approximate surface area is 185 Å². The number of hydrogen-bond donors (Lipinski definition) is 2. The molecule has 2 fully saturated rings. The summed E-state index contributed by atoms with van der Waals surface area (Å²) in [5.74, 6) is 1.83. The summed E-state index contributed by atoms with van der Waals surface area (Å²) in [7, 11) is 4.03. The Morgan fingerprint density at radius 1 is 1.13 bits per heavy atom. The maximum atomic E-state index is 13.3.